The van der Waals surface area contributed by atoms with Gasteiger partial charge in [0.25, 0.3) is 5.69 Å². The van der Waals surface area contributed by atoms with Gasteiger partial charge < -0.3 is 4.74 Å². The largest absolute Gasteiger partial charge is 0.497 e. The predicted octanol–water partition coefficient (Wildman–Crippen LogP) is 5.25. The lowest BCUT2D eigenvalue weighted by atomic mass is 10.0. The number of carbonyl (C=O) groups excluding carboxylic acids is 1. The molecule has 0 spiro atoms. The molecule has 0 aliphatic rings. The highest BCUT2D eigenvalue weighted by molar-refractivity contribution is 8.00. The first kappa shape index (κ1) is 19.6. The van der Waals surface area contributed by atoms with E-state index in [-0.39, 0.29) is 17.9 Å². The van der Waals surface area contributed by atoms with E-state index in [2.05, 4.69) is 0 Å². The van der Waals surface area contributed by atoms with Crippen molar-refractivity contribution in [2.45, 2.75) is 16.6 Å². The molecule has 0 radical (unpaired) electrons. The summed E-state index contributed by atoms with van der Waals surface area (Å²) in [4.78, 5) is 24.7. The molecule has 0 fully saturated rings. The molecule has 0 aromatic heterocycles. The molecular weight excluding hydrogens is 374 g/mol. The molecule has 6 heteroatoms. The van der Waals surface area contributed by atoms with Gasteiger partial charge in [0.2, 0.25) is 0 Å². The van der Waals surface area contributed by atoms with E-state index < -0.39 is 10.2 Å². The molecule has 5 nitrogen and oxygen atoms in total. The van der Waals surface area contributed by atoms with E-state index in [4.69, 9.17) is 4.74 Å². The number of hydrogen-bond acceptors (Lipinski definition) is 5. The van der Waals surface area contributed by atoms with E-state index in [1.165, 1.54) is 23.9 Å². The number of methoxy groups -OCH3 is 1. The molecule has 0 saturated heterocycles. The van der Waals surface area contributed by atoms with Crippen molar-refractivity contribution in [1.29, 1.82) is 0 Å². The number of ether oxygens (including phenoxy) is 1. The summed E-state index contributed by atoms with van der Waals surface area (Å²) >= 11 is 1.37. The first-order valence-corrected chi connectivity index (χ1v) is 9.56. The Labute approximate surface area is 167 Å². The van der Waals surface area contributed by atoms with E-state index in [0.29, 0.717) is 11.3 Å². The number of nitrogens with zero attached hydrogens (tertiary/aromatic N) is 1. The number of Topliss-reactive ketones (excluding diaryl/α,β-unsaturated/α-hetero) is 1. The Bertz CT molecular complexity index is 975. The first-order chi connectivity index (χ1) is 13.6. The smallest absolute Gasteiger partial charge is 0.269 e. The lowest BCUT2D eigenvalue weighted by Crippen LogP contribution is -2.12. The van der Waals surface area contributed by atoms with E-state index in [1.54, 1.807) is 19.2 Å². The molecule has 0 aliphatic heterocycles. The van der Waals surface area contributed by atoms with Gasteiger partial charge >= 0.3 is 0 Å². The highest BCUT2D eigenvalue weighted by atomic mass is 32.2. The van der Waals surface area contributed by atoms with Crippen LogP contribution in [0.5, 0.6) is 5.75 Å². The van der Waals surface area contributed by atoms with Crippen molar-refractivity contribution in [2.24, 2.45) is 0 Å². The summed E-state index contributed by atoms with van der Waals surface area (Å²) in [5.41, 5.74) is 1.50. The van der Waals surface area contributed by atoms with Crippen LogP contribution in [0, 0.1) is 10.1 Å². The van der Waals surface area contributed by atoms with Crippen molar-refractivity contribution < 1.29 is 14.5 Å². The molecule has 0 saturated carbocycles. The van der Waals surface area contributed by atoms with Crippen LogP contribution in [0.4, 0.5) is 5.69 Å². The van der Waals surface area contributed by atoms with Crippen LogP contribution in [-0.2, 0) is 11.2 Å². The van der Waals surface area contributed by atoms with Crippen molar-refractivity contribution in [3.05, 3.63) is 100 Å². The number of benzene rings is 3. The second-order valence-electron chi connectivity index (χ2n) is 6.16. The SMILES string of the molecule is COc1cccc(SC(C(=O)Cc2ccccc2)c2cccc([N+](=O)[O-])c2)c1. The Morgan fingerprint density at radius 2 is 1.79 bits per heavy atom. The zero-order chi connectivity index (χ0) is 19.9. The van der Waals surface area contributed by atoms with Crippen LogP contribution in [0.3, 0.4) is 0 Å². The average Bonchev–Trinajstić information content (AvgIpc) is 2.73. The van der Waals surface area contributed by atoms with Crippen LogP contribution in [0.2, 0.25) is 0 Å². The molecule has 0 bridgehead atoms. The van der Waals surface area contributed by atoms with Crippen LogP contribution < -0.4 is 4.74 Å². The molecule has 28 heavy (non-hydrogen) atoms. The minimum atomic E-state index is -0.563. The highest BCUT2D eigenvalue weighted by Gasteiger charge is 2.24. The van der Waals surface area contributed by atoms with Crippen molar-refractivity contribution in [3.63, 3.8) is 0 Å². The maximum atomic E-state index is 13.1. The minimum Gasteiger partial charge on any atom is -0.497 e. The molecular formula is C22H19NO4S. The minimum absolute atomic E-state index is 0.0143. The van der Waals surface area contributed by atoms with Gasteiger partial charge in [0.15, 0.2) is 5.78 Å². The fraction of sp³-hybridized carbons (Fsp3) is 0.136. The number of nitro benzene ring substituents is 1. The zero-order valence-corrected chi connectivity index (χ0v) is 16.1. The average molecular weight is 393 g/mol. The van der Waals surface area contributed by atoms with Crippen LogP contribution in [0.25, 0.3) is 0 Å². The van der Waals surface area contributed by atoms with Gasteiger partial charge in [0, 0.05) is 23.4 Å². The number of hydrogen-bond donors (Lipinski definition) is 0. The first-order valence-electron chi connectivity index (χ1n) is 8.68. The summed E-state index contributed by atoms with van der Waals surface area (Å²) in [7, 11) is 1.59. The fourth-order valence-corrected chi connectivity index (χ4v) is 3.93. The van der Waals surface area contributed by atoms with Crippen molar-refractivity contribution >= 4 is 23.2 Å². The maximum absolute atomic E-state index is 13.1. The third-order valence-electron chi connectivity index (χ3n) is 4.19. The number of thioether (sulfide) groups is 1. The van der Waals surface area contributed by atoms with E-state index in [9.17, 15) is 14.9 Å². The van der Waals surface area contributed by atoms with Gasteiger partial charge in [-0.1, -0.05) is 48.5 Å². The summed E-state index contributed by atoms with van der Waals surface area (Å²) in [6.07, 6.45) is 0.255. The lowest BCUT2D eigenvalue weighted by Gasteiger charge is -2.17. The van der Waals surface area contributed by atoms with Gasteiger partial charge in [-0.15, -0.1) is 11.8 Å². The second kappa shape index (κ2) is 9.19. The normalized spacial score (nSPS) is 11.6. The summed E-state index contributed by atoms with van der Waals surface area (Å²) in [5, 5.41) is 10.6. The molecule has 1 unspecified atom stereocenters. The van der Waals surface area contributed by atoms with Crippen LogP contribution in [0.15, 0.2) is 83.8 Å². The number of nitro groups is 1. The van der Waals surface area contributed by atoms with E-state index in [0.717, 1.165) is 10.5 Å². The number of ketones is 1. The predicted molar refractivity (Wildman–Crippen MR) is 110 cm³/mol. The van der Waals surface area contributed by atoms with Crippen molar-refractivity contribution in [3.8, 4) is 5.75 Å². The molecule has 0 N–H and O–H groups in total. The van der Waals surface area contributed by atoms with Gasteiger partial charge in [0.1, 0.15) is 5.75 Å². The highest BCUT2D eigenvalue weighted by Crippen LogP contribution is 2.38. The van der Waals surface area contributed by atoms with Gasteiger partial charge in [-0.25, -0.2) is 0 Å². The quantitative estimate of drug-likeness (QED) is 0.297. The summed E-state index contributed by atoms with van der Waals surface area (Å²) in [6, 6.07) is 23.2. The number of non-ortho nitro benzene ring substituents is 1. The molecule has 3 aromatic rings. The molecule has 0 aliphatic carbocycles. The van der Waals surface area contributed by atoms with Crippen LogP contribution >= 0.6 is 11.8 Å². The standard InChI is InChI=1S/C22H19NO4S/c1-27-19-11-6-12-20(15-19)28-22(17-9-5-10-18(14-17)23(25)26)21(24)13-16-7-3-2-4-8-16/h2-12,14-15,22H,13H2,1H3. The number of carbonyl (C=O) groups is 1. The van der Waals surface area contributed by atoms with Crippen LogP contribution in [-0.4, -0.2) is 17.8 Å². The Balaban J connectivity index is 1.94. The Kier molecular flexibility index (Phi) is 6.45. The van der Waals surface area contributed by atoms with Crippen LogP contribution in [0.1, 0.15) is 16.4 Å². The Morgan fingerprint density at radius 3 is 2.50 bits per heavy atom. The van der Waals surface area contributed by atoms with Gasteiger partial charge in [0.05, 0.1) is 17.3 Å². The molecule has 0 amide bonds. The fourth-order valence-electron chi connectivity index (χ4n) is 2.82. The van der Waals surface area contributed by atoms with Gasteiger partial charge in [-0.05, 0) is 29.3 Å². The summed E-state index contributed by atoms with van der Waals surface area (Å²) < 4.78 is 5.26. The Morgan fingerprint density at radius 1 is 1.04 bits per heavy atom. The second-order valence-corrected chi connectivity index (χ2v) is 7.34. The van der Waals surface area contributed by atoms with E-state index >= 15 is 0 Å². The molecule has 3 aromatic carbocycles. The number of rotatable bonds is 8. The summed E-state index contributed by atoms with van der Waals surface area (Å²) in [5.74, 6) is 0.679. The molecule has 0 heterocycles. The molecule has 1 atom stereocenters. The van der Waals surface area contributed by atoms with Crippen molar-refractivity contribution in [2.75, 3.05) is 7.11 Å². The maximum Gasteiger partial charge on any atom is 0.269 e. The van der Waals surface area contributed by atoms with E-state index in [1.807, 2.05) is 54.6 Å². The Hall–Kier alpha value is -3.12. The molecule has 3 rings (SSSR count). The monoisotopic (exact) mass is 393 g/mol. The molecule has 142 valence electrons. The van der Waals surface area contributed by atoms with Gasteiger partial charge in [-0.3, -0.25) is 14.9 Å². The zero-order valence-electron chi connectivity index (χ0n) is 15.3. The summed E-state index contributed by atoms with van der Waals surface area (Å²) in [6.45, 7) is 0. The lowest BCUT2D eigenvalue weighted by molar-refractivity contribution is -0.384. The van der Waals surface area contributed by atoms with Gasteiger partial charge in [-0.2, -0.15) is 0 Å². The third-order valence-corrected chi connectivity index (χ3v) is 5.49. The topological polar surface area (TPSA) is 69.4 Å². The third kappa shape index (κ3) is 4.98. The van der Waals surface area contributed by atoms with Crippen molar-refractivity contribution in [1.82, 2.24) is 0 Å².